The highest BCUT2D eigenvalue weighted by Crippen LogP contribution is 2.13. The monoisotopic (exact) mass is 279 g/mol. The Morgan fingerprint density at radius 3 is 2.75 bits per heavy atom. The Balaban J connectivity index is 2.24. The Morgan fingerprint density at radius 2 is 2.10 bits per heavy atom. The lowest BCUT2D eigenvalue weighted by Gasteiger charge is -2.17. The van der Waals surface area contributed by atoms with E-state index >= 15 is 0 Å². The fourth-order valence-electron chi connectivity index (χ4n) is 1.83. The lowest BCUT2D eigenvalue weighted by Crippen LogP contribution is -2.23. The molecule has 1 rings (SSSR count). The van der Waals surface area contributed by atoms with E-state index in [9.17, 15) is 4.79 Å². The zero-order chi connectivity index (χ0) is 15.0. The largest absolute Gasteiger partial charge is 0.494 e. The van der Waals surface area contributed by atoms with E-state index in [-0.39, 0.29) is 5.56 Å². The molecule has 0 atom stereocenters. The van der Waals surface area contributed by atoms with Crippen LogP contribution in [0.5, 0.6) is 5.75 Å². The van der Waals surface area contributed by atoms with Gasteiger partial charge in [-0.25, -0.2) is 4.79 Å². The summed E-state index contributed by atoms with van der Waals surface area (Å²) in [6.45, 7) is 7.16. The van der Waals surface area contributed by atoms with Gasteiger partial charge >= 0.3 is 5.97 Å². The van der Waals surface area contributed by atoms with Gasteiger partial charge in [-0.2, -0.15) is 0 Å². The quantitative estimate of drug-likeness (QED) is 0.706. The predicted molar refractivity (Wildman–Crippen MR) is 80.5 cm³/mol. The summed E-state index contributed by atoms with van der Waals surface area (Å²) in [6, 6.07) is 6.61. The number of carboxylic acids is 1. The number of ether oxygens (including phenoxy) is 1. The summed E-state index contributed by atoms with van der Waals surface area (Å²) in [6.07, 6.45) is 2.14. The summed E-state index contributed by atoms with van der Waals surface area (Å²) >= 11 is 0. The summed E-state index contributed by atoms with van der Waals surface area (Å²) in [5, 5.41) is 8.90. The minimum Gasteiger partial charge on any atom is -0.494 e. The average molecular weight is 279 g/mol. The maximum Gasteiger partial charge on any atom is 0.335 e. The van der Waals surface area contributed by atoms with Gasteiger partial charge in [0.25, 0.3) is 0 Å². The summed E-state index contributed by atoms with van der Waals surface area (Å²) in [4.78, 5) is 13.1. The van der Waals surface area contributed by atoms with Crippen LogP contribution in [-0.2, 0) is 0 Å². The van der Waals surface area contributed by atoms with Crippen LogP contribution in [0.4, 0.5) is 0 Å². The molecule has 0 aliphatic carbocycles. The Morgan fingerprint density at radius 1 is 1.35 bits per heavy atom. The summed E-state index contributed by atoms with van der Waals surface area (Å²) in [5.41, 5.74) is 0.261. The Kier molecular flexibility index (Phi) is 7.09. The molecule has 0 aliphatic heterocycles. The molecule has 0 unspecified atom stereocenters. The molecule has 0 amide bonds. The van der Waals surface area contributed by atoms with E-state index in [2.05, 4.69) is 25.8 Å². The Labute approximate surface area is 121 Å². The number of hydrogen-bond donors (Lipinski definition) is 1. The first-order valence-corrected chi connectivity index (χ1v) is 7.13. The first kappa shape index (κ1) is 16.5. The third-order valence-electron chi connectivity index (χ3n) is 3.12. The number of hydrogen-bond acceptors (Lipinski definition) is 3. The van der Waals surface area contributed by atoms with Gasteiger partial charge in [0.05, 0.1) is 12.2 Å². The van der Waals surface area contributed by atoms with E-state index in [0.29, 0.717) is 12.4 Å². The molecule has 0 radical (unpaired) electrons. The summed E-state index contributed by atoms with van der Waals surface area (Å²) in [7, 11) is 2.12. The van der Waals surface area contributed by atoms with Gasteiger partial charge < -0.3 is 14.7 Å². The van der Waals surface area contributed by atoms with E-state index in [0.717, 1.165) is 25.4 Å². The number of rotatable bonds is 9. The fourth-order valence-corrected chi connectivity index (χ4v) is 1.83. The number of nitrogens with zero attached hydrogens (tertiary/aromatic N) is 1. The van der Waals surface area contributed by atoms with Crippen LogP contribution in [0.2, 0.25) is 0 Å². The fraction of sp³-hybridized carbons (Fsp3) is 0.562. The third kappa shape index (κ3) is 6.57. The molecular formula is C16H25NO3. The number of carbonyl (C=O) groups is 1. The van der Waals surface area contributed by atoms with Crippen molar-refractivity contribution in [3.8, 4) is 5.75 Å². The normalized spacial score (nSPS) is 11.1. The van der Waals surface area contributed by atoms with Gasteiger partial charge in [0, 0.05) is 6.54 Å². The molecule has 0 aromatic heterocycles. The van der Waals surface area contributed by atoms with Gasteiger partial charge in [-0.05, 0) is 50.6 Å². The predicted octanol–water partition coefficient (Wildman–Crippen LogP) is 3.13. The van der Waals surface area contributed by atoms with Crippen LogP contribution in [0.25, 0.3) is 0 Å². The number of aromatic carboxylic acids is 1. The first-order valence-electron chi connectivity index (χ1n) is 7.13. The number of carboxylic acid groups (broad SMARTS) is 1. The van der Waals surface area contributed by atoms with Gasteiger partial charge in [0.1, 0.15) is 5.75 Å². The third-order valence-corrected chi connectivity index (χ3v) is 3.12. The first-order chi connectivity index (χ1) is 9.49. The molecular weight excluding hydrogens is 254 g/mol. The SMILES string of the molecule is CC(C)CCN(C)CCCOc1cccc(C(=O)O)c1. The standard InChI is InChI=1S/C16H25NO3/c1-13(2)8-10-17(3)9-5-11-20-15-7-4-6-14(12-15)16(18)19/h4,6-7,12-13H,5,8-11H2,1-3H3,(H,18,19). The lowest BCUT2D eigenvalue weighted by molar-refractivity contribution is 0.0696. The molecule has 112 valence electrons. The van der Waals surface area contributed by atoms with E-state index < -0.39 is 5.97 Å². The lowest BCUT2D eigenvalue weighted by atomic mass is 10.1. The van der Waals surface area contributed by atoms with Crippen LogP contribution >= 0.6 is 0 Å². The minimum absolute atomic E-state index is 0.261. The molecule has 4 nitrogen and oxygen atoms in total. The molecule has 20 heavy (non-hydrogen) atoms. The molecule has 0 heterocycles. The van der Waals surface area contributed by atoms with Gasteiger partial charge in [-0.15, -0.1) is 0 Å². The van der Waals surface area contributed by atoms with Crippen molar-refractivity contribution in [1.29, 1.82) is 0 Å². The molecule has 1 aromatic rings. The zero-order valence-electron chi connectivity index (χ0n) is 12.6. The van der Waals surface area contributed by atoms with E-state index in [1.54, 1.807) is 24.3 Å². The van der Waals surface area contributed by atoms with Crippen molar-refractivity contribution in [2.75, 3.05) is 26.7 Å². The topological polar surface area (TPSA) is 49.8 Å². The van der Waals surface area contributed by atoms with E-state index in [4.69, 9.17) is 9.84 Å². The molecule has 0 saturated carbocycles. The molecule has 0 aliphatic rings. The van der Waals surface area contributed by atoms with E-state index in [1.165, 1.54) is 6.42 Å². The number of benzene rings is 1. The molecule has 0 fully saturated rings. The molecule has 1 aromatic carbocycles. The Bertz CT molecular complexity index is 418. The zero-order valence-corrected chi connectivity index (χ0v) is 12.6. The highest BCUT2D eigenvalue weighted by Gasteiger charge is 2.04. The second kappa shape index (κ2) is 8.59. The molecule has 0 spiro atoms. The minimum atomic E-state index is -0.927. The highest BCUT2D eigenvalue weighted by atomic mass is 16.5. The van der Waals surface area contributed by atoms with Crippen molar-refractivity contribution in [2.24, 2.45) is 5.92 Å². The molecule has 4 heteroatoms. The van der Waals surface area contributed by atoms with Crippen LogP contribution in [0.1, 0.15) is 37.0 Å². The van der Waals surface area contributed by atoms with Crippen LogP contribution in [0.15, 0.2) is 24.3 Å². The molecule has 1 N–H and O–H groups in total. The van der Waals surface area contributed by atoms with Crippen molar-refractivity contribution in [3.05, 3.63) is 29.8 Å². The van der Waals surface area contributed by atoms with Gasteiger partial charge in [0.15, 0.2) is 0 Å². The molecule has 0 bridgehead atoms. The van der Waals surface area contributed by atoms with Gasteiger partial charge in [0.2, 0.25) is 0 Å². The maximum absolute atomic E-state index is 10.8. The van der Waals surface area contributed by atoms with Crippen molar-refractivity contribution >= 4 is 5.97 Å². The highest BCUT2D eigenvalue weighted by molar-refractivity contribution is 5.87. The Hall–Kier alpha value is -1.55. The second-order valence-electron chi connectivity index (χ2n) is 5.52. The maximum atomic E-state index is 10.8. The van der Waals surface area contributed by atoms with Crippen molar-refractivity contribution in [3.63, 3.8) is 0 Å². The van der Waals surface area contributed by atoms with Crippen molar-refractivity contribution < 1.29 is 14.6 Å². The smallest absolute Gasteiger partial charge is 0.335 e. The van der Waals surface area contributed by atoms with E-state index in [1.807, 2.05) is 0 Å². The van der Waals surface area contributed by atoms with Crippen molar-refractivity contribution in [1.82, 2.24) is 4.90 Å². The molecule has 0 saturated heterocycles. The van der Waals surface area contributed by atoms with Crippen LogP contribution in [-0.4, -0.2) is 42.7 Å². The van der Waals surface area contributed by atoms with Crippen molar-refractivity contribution in [2.45, 2.75) is 26.7 Å². The van der Waals surface area contributed by atoms with Crippen LogP contribution in [0, 0.1) is 5.92 Å². The summed E-state index contributed by atoms with van der Waals surface area (Å²) < 4.78 is 5.58. The summed E-state index contributed by atoms with van der Waals surface area (Å²) in [5.74, 6) is 0.422. The average Bonchev–Trinajstić information content (AvgIpc) is 2.41. The van der Waals surface area contributed by atoms with Gasteiger partial charge in [-0.1, -0.05) is 19.9 Å². The van der Waals surface area contributed by atoms with Crippen LogP contribution in [0.3, 0.4) is 0 Å². The van der Waals surface area contributed by atoms with Crippen LogP contribution < -0.4 is 4.74 Å². The second-order valence-corrected chi connectivity index (χ2v) is 5.52. The van der Waals surface area contributed by atoms with Gasteiger partial charge in [-0.3, -0.25) is 0 Å².